The molecule has 0 radical (unpaired) electrons. The van der Waals surface area contributed by atoms with E-state index in [1.54, 1.807) is 0 Å². The molecule has 2 unspecified atom stereocenters. The highest BCUT2D eigenvalue weighted by atomic mass is 16.3. The third-order valence-electron chi connectivity index (χ3n) is 3.90. The van der Waals surface area contributed by atoms with Crippen LogP contribution in [0, 0.1) is 0 Å². The normalized spacial score (nSPS) is 28.9. The van der Waals surface area contributed by atoms with E-state index in [-0.39, 0.29) is 6.23 Å². The predicted octanol–water partition coefficient (Wildman–Crippen LogP) is 2.03. The Kier molecular flexibility index (Phi) is 3.04. The van der Waals surface area contributed by atoms with Gasteiger partial charge in [-0.25, -0.2) is 0 Å². The summed E-state index contributed by atoms with van der Waals surface area (Å²) in [6.45, 7) is 2.09. The Morgan fingerprint density at radius 1 is 1.18 bits per heavy atom. The molecule has 92 valence electrons. The summed E-state index contributed by atoms with van der Waals surface area (Å²) in [6.07, 6.45) is 4.15. The van der Waals surface area contributed by atoms with Crippen LogP contribution in [0.2, 0.25) is 0 Å². The van der Waals surface area contributed by atoms with Gasteiger partial charge in [-0.2, -0.15) is 0 Å². The van der Waals surface area contributed by atoms with Gasteiger partial charge >= 0.3 is 0 Å². The molecule has 0 spiro atoms. The van der Waals surface area contributed by atoms with Gasteiger partial charge in [-0.3, -0.25) is 0 Å². The molecule has 2 N–H and O–H groups in total. The Morgan fingerprint density at radius 3 is 2.76 bits per heavy atom. The first-order valence-corrected chi connectivity index (χ1v) is 6.63. The Balaban J connectivity index is 1.92. The molecule has 0 amide bonds. The fourth-order valence-electron chi connectivity index (χ4n) is 3.02. The molecule has 3 rings (SSSR count). The van der Waals surface area contributed by atoms with Crippen molar-refractivity contribution >= 4 is 5.69 Å². The van der Waals surface area contributed by atoms with Gasteiger partial charge in [0.05, 0.1) is 0 Å². The molecule has 2 aliphatic heterocycles. The highest BCUT2D eigenvalue weighted by molar-refractivity contribution is 5.56. The minimum Gasteiger partial charge on any atom is -0.374 e. The number of aliphatic hydroxyl groups excluding tert-OH is 1. The smallest absolute Gasteiger partial charge is 0.126 e. The summed E-state index contributed by atoms with van der Waals surface area (Å²) < 4.78 is 0. The summed E-state index contributed by atoms with van der Waals surface area (Å²) in [6, 6.07) is 8.98. The second-order valence-corrected chi connectivity index (χ2v) is 5.02. The van der Waals surface area contributed by atoms with E-state index in [4.69, 9.17) is 0 Å². The topological polar surface area (TPSA) is 35.5 Å². The molecule has 1 aromatic carbocycles. The molecular weight excluding hydrogens is 212 g/mol. The first-order valence-electron chi connectivity index (χ1n) is 6.63. The van der Waals surface area contributed by atoms with Crippen molar-refractivity contribution in [1.82, 2.24) is 5.32 Å². The lowest BCUT2D eigenvalue weighted by molar-refractivity contribution is 0.185. The maximum atomic E-state index is 10.0. The first-order chi connectivity index (χ1) is 8.36. The van der Waals surface area contributed by atoms with Crippen molar-refractivity contribution in [3.8, 4) is 0 Å². The second kappa shape index (κ2) is 4.67. The summed E-state index contributed by atoms with van der Waals surface area (Å²) in [5.41, 5.74) is 2.57. The minimum absolute atomic E-state index is 0.294. The van der Waals surface area contributed by atoms with Crippen LogP contribution in [0.4, 0.5) is 5.69 Å². The number of nitrogens with zero attached hydrogens (tertiary/aromatic N) is 1. The maximum absolute atomic E-state index is 10.0. The van der Waals surface area contributed by atoms with E-state index in [1.165, 1.54) is 24.1 Å². The van der Waals surface area contributed by atoms with Crippen molar-refractivity contribution < 1.29 is 5.11 Å². The molecule has 2 aliphatic rings. The molecule has 1 aromatic rings. The van der Waals surface area contributed by atoms with Gasteiger partial charge < -0.3 is 15.3 Å². The summed E-state index contributed by atoms with van der Waals surface area (Å²) >= 11 is 0. The van der Waals surface area contributed by atoms with Crippen LogP contribution in [-0.4, -0.2) is 24.4 Å². The monoisotopic (exact) mass is 232 g/mol. The molecular formula is C14H20N2O. The van der Waals surface area contributed by atoms with Crippen molar-refractivity contribution in [3.05, 3.63) is 29.8 Å². The molecule has 17 heavy (non-hydrogen) atoms. The second-order valence-electron chi connectivity index (χ2n) is 5.02. The van der Waals surface area contributed by atoms with E-state index in [1.807, 2.05) is 0 Å². The van der Waals surface area contributed by atoms with E-state index in [9.17, 15) is 5.11 Å². The van der Waals surface area contributed by atoms with Crippen LogP contribution < -0.4 is 10.2 Å². The average molecular weight is 232 g/mol. The van der Waals surface area contributed by atoms with Gasteiger partial charge in [0, 0.05) is 18.3 Å². The quantitative estimate of drug-likeness (QED) is 0.819. The van der Waals surface area contributed by atoms with Gasteiger partial charge in [-0.05, 0) is 43.9 Å². The number of nitrogens with one attached hydrogen (secondary N) is 1. The molecule has 2 saturated heterocycles. The number of rotatable bonds is 2. The van der Waals surface area contributed by atoms with Crippen LogP contribution in [0.5, 0.6) is 0 Å². The average Bonchev–Trinajstić information content (AvgIpc) is 3.00. The SMILES string of the molecule is OC1CCCN1c1ccccc1C1CCCN1. The highest BCUT2D eigenvalue weighted by Gasteiger charge is 2.27. The third kappa shape index (κ3) is 2.05. The standard InChI is InChI=1S/C14H20N2O/c17-14-8-4-10-16(14)13-7-2-1-5-11(13)12-6-3-9-15-12/h1-2,5,7,12,14-15,17H,3-4,6,8-10H2. The van der Waals surface area contributed by atoms with Crippen LogP contribution in [0.25, 0.3) is 0 Å². The van der Waals surface area contributed by atoms with Gasteiger partial charge in [0.1, 0.15) is 6.23 Å². The lowest BCUT2D eigenvalue weighted by atomic mass is 10.0. The lowest BCUT2D eigenvalue weighted by Crippen LogP contribution is -2.30. The van der Waals surface area contributed by atoms with Crippen molar-refractivity contribution in [2.75, 3.05) is 18.0 Å². The van der Waals surface area contributed by atoms with Gasteiger partial charge in [0.2, 0.25) is 0 Å². The summed E-state index contributed by atoms with van der Waals surface area (Å²) in [4.78, 5) is 2.15. The minimum atomic E-state index is -0.294. The number of hydrogen-bond donors (Lipinski definition) is 2. The number of benzene rings is 1. The van der Waals surface area contributed by atoms with Crippen LogP contribution >= 0.6 is 0 Å². The zero-order valence-electron chi connectivity index (χ0n) is 10.1. The van der Waals surface area contributed by atoms with E-state index < -0.39 is 0 Å². The Labute approximate surface area is 102 Å². The van der Waals surface area contributed by atoms with Crippen LogP contribution in [-0.2, 0) is 0 Å². The largest absolute Gasteiger partial charge is 0.374 e. The Bertz CT molecular complexity index is 388. The van der Waals surface area contributed by atoms with Gasteiger partial charge in [-0.15, -0.1) is 0 Å². The molecule has 0 aliphatic carbocycles. The van der Waals surface area contributed by atoms with Crippen molar-refractivity contribution in [2.45, 2.75) is 38.0 Å². The van der Waals surface area contributed by atoms with E-state index in [2.05, 4.69) is 34.5 Å². The molecule has 3 nitrogen and oxygen atoms in total. The summed E-state index contributed by atoms with van der Waals surface area (Å²) in [5.74, 6) is 0. The van der Waals surface area contributed by atoms with Crippen LogP contribution in [0.15, 0.2) is 24.3 Å². The Hall–Kier alpha value is -1.06. The first kappa shape index (κ1) is 11.1. The third-order valence-corrected chi connectivity index (χ3v) is 3.90. The summed E-state index contributed by atoms with van der Waals surface area (Å²) in [5, 5.41) is 13.6. The molecule has 2 atom stereocenters. The highest BCUT2D eigenvalue weighted by Crippen LogP contribution is 2.34. The zero-order valence-corrected chi connectivity index (χ0v) is 10.1. The predicted molar refractivity (Wildman–Crippen MR) is 69.0 cm³/mol. The maximum Gasteiger partial charge on any atom is 0.126 e. The number of hydrogen-bond acceptors (Lipinski definition) is 3. The van der Waals surface area contributed by atoms with Gasteiger partial charge in [0.25, 0.3) is 0 Å². The van der Waals surface area contributed by atoms with E-state index in [0.29, 0.717) is 6.04 Å². The number of anilines is 1. The van der Waals surface area contributed by atoms with Crippen molar-refractivity contribution in [2.24, 2.45) is 0 Å². The molecule has 0 saturated carbocycles. The van der Waals surface area contributed by atoms with Crippen molar-refractivity contribution in [1.29, 1.82) is 0 Å². The lowest BCUT2D eigenvalue weighted by Gasteiger charge is -2.27. The number of aliphatic hydroxyl groups is 1. The summed E-state index contributed by atoms with van der Waals surface area (Å²) in [7, 11) is 0. The van der Waals surface area contributed by atoms with E-state index in [0.717, 1.165) is 25.9 Å². The fraction of sp³-hybridized carbons (Fsp3) is 0.571. The zero-order chi connectivity index (χ0) is 11.7. The van der Waals surface area contributed by atoms with E-state index >= 15 is 0 Å². The molecule has 2 heterocycles. The van der Waals surface area contributed by atoms with Crippen LogP contribution in [0.3, 0.4) is 0 Å². The molecule has 0 bridgehead atoms. The van der Waals surface area contributed by atoms with Gasteiger partial charge in [0.15, 0.2) is 0 Å². The fourth-order valence-corrected chi connectivity index (χ4v) is 3.02. The van der Waals surface area contributed by atoms with Crippen LogP contribution in [0.1, 0.15) is 37.3 Å². The Morgan fingerprint density at radius 2 is 2.06 bits per heavy atom. The molecule has 0 aromatic heterocycles. The molecule has 2 fully saturated rings. The van der Waals surface area contributed by atoms with Crippen molar-refractivity contribution in [3.63, 3.8) is 0 Å². The molecule has 3 heteroatoms. The number of para-hydroxylation sites is 1. The van der Waals surface area contributed by atoms with Gasteiger partial charge in [-0.1, -0.05) is 18.2 Å².